The van der Waals surface area contributed by atoms with Crippen LogP contribution in [0.25, 0.3) is 0 Å². The first-order valence-electron chi connectivity index (χ1n) is 6.08. The molecule has 1 atom stereocenters. The molecule has 0 bridgehead atoms. The molecule has 2 heterocycles. The molecule has 1 aromatic heterocycles. The molecule has 1 aliphatic rings. The highest BCUT2D eigenvalue weighted by atomic mass is 32.1. The van der Waals surface area contributed by atoms with E-state index < -0.39 is 0 Å². The first kappa shape index (κ1) is 12.6. The third-order valence-electron chi connectivity index (χ3n) is 3.38. The molecule has 0 N–H and O–H groups in total. The van der Waals surface area contributed by atoms with Crippen LogP contribution in [-0.2, 0) is 11.2 Å². The van der Waals surface area contributed by atoms with Crippen LogP contribution >= 0.6 is 11.3 Å². The van der Waals surface area contributed by atoms with E-state index in [0.29, 0.717) is 12.3 Å². The Balaban J connectivity index is 1.79. The fraction of sp³-hybridized carbons (Fsp3) is 0.615. The predicted molar refractivity (Wildman–Crippen MR) is 71.3 cm³/mol. The van der Waals surface area contributed by atoms with Crippen molar-refractivity contribution in [2.24, 2.45) is 5.92 Å². The van der Waals surface area contributed by atoms with Gasteiger partial charge in [0.05, 0.1) is 6.42 Å². The van der Waals surface area contributed by atoms with Crippen molar-refractivity contribution in [3.8, 4) is 0 Å². The van der Waals surface area contributed by atoms with Gasteiger partial charge in [0.2, 0.25) is 5.91 Å². The van der Waals surface area contributed by atoms with Crippen LogP contribution < -0.4 is 0 Å². The van der Waals surface area contributed by atoms with E-state index in [-0.39, 0.29) is 5.91 Å². The number of carbonyl (C=O) groups is 1. The van der Waals surface area contributed by atoms with Gasteiger partial charge in [-0.05, 0) is 48.3 Å². The van der Waals surface area contributed by atoms with Crippen LogP contribution in [0.4, 0.5) is 0 Å². The molecule has 1 aliphatic heterocycles. The van der Waals surface area contributed by atoms with Crippen molar-refractivity contribution >= 4 is 17.2 Å². The van der Waals surface area contributed by atoms with Crippen LogP contribution in [0.2, 0.25) is 0 Å². The minimum atomic E-state index is 0.234. The van der Waals surface area contributed by atoms with Crippen molar-refractivity contribution < 1.29 is 4.79 Å². The van der Waals surface area contributed by atoms with E-state index in [2.05, 4.69) is 17.3 Å². The van der Waals surface area contributed by atoms with Crippen LogP contribution in [0, 0.1) is 5.92 Å². The molecule has 0 spiro atoms. The zero-order valence-corrected chi connectivity index (χ0v) is 11.4. The number of amides is 1. The monoisotopic (exact) mass is 252 g/mol. The summed E-state index contributed by atoms with van der Waals surface area (Å²) >= 11 is 1.65. The summed E-state index contributed by atoms with van der Waals surface area (Å²) in [5.74, 6) is 0.884. The number of thiophene rings is 1. The first-order chi connectivity index (χ1) is 8.15. The van der Waals surface area contributed by atoms with Crippen LogP contribution in [-0.4, -0.2) is 49.4 Å². The van der Waals surface area contributed by atoms with Gasteiger partial charge in [-0.15, -0.1) is 0 Å². The molecule has 4 heteroatoms. The molecule has 17 heavy (non-hydrogen) atoms. The molecular formula is C13H20N2OS. The zero-order valence-electron chi connectivity index (χ0n) is 10.6. The molecule has 0 radical (unpaired) electrons. The smallest absolute Gasteiger partial charge is 0.226 e. The Hall–Kier alpha value is -0.870. The maximum absolute atomic E-state index is 12.0. The van der Waals surface area contributed by atoms with Crippen molar-refractivity contribution in [3.05, 3.63) is 22.4 Å². The number of likely N-dealkylation sites (N-methyl/N-ethyl adjacent to an activating group) is 1. The molecule has 94 valence electrons. The SMILES string of the molecule is CN1CC[C@@H](CN(C)C(=O)Cc2ccsc2)C1. The van der Waals surface area contributed by atoms with Crippen LogP contribution in [0.15, 0.2) is 16.8 Å². The number of rotatable bonds is 4. The second-order valence-electron chi connectivity index (χ2n) is 5.00. The number of hydrogen-bond acceptors (Lipinski definition) is 3. The Morgan fingerprint density at radius 2 is 2.47 bits per heavy atom. The second-order valence-corrected chi connectivity index (χ2v) is 5.78. The largest absolute Gasteiger partial charge is 0.345 e. The molecule has 1 aromatic rings. The van der Waals surface area contributed by atoms with Gasteiger partial charge in [-0.3, -0.25) is 4.79 Å². The average molecular weight is 252 g/mol. The standard InChI is InChI=1S/C13H20N2OS/c1-14-5-3-12(8-14)9-15(2)13(16)7-11-4-6-17-10-11/h4,6,10,12H,3,5,7-9H2,1-2H3/t12-/m1/s1. The summed E-state index contributed by atoms with van der Waals surface area (Å²) in [4.78, 5) is 16.2. The molecular weight excluding hydrogens is 232 g/mol. The molecule has 3 nitrogen and oxygen atoms in total. The van der Waals surface area contributed by atoms with Crippen LogP contribution in [0.3, 0.4) is 0 Å². The van der Waals surface area contributed by atoms with E-state index in [4.69, 9.17) is 0 Å². The molecule has 0 unspecified atom stereocenters. The summed E-state index contributed by atoms with van der Waals surface area (Å²) in [6.07, 6.45) is 1.76. The third-order valence-corrected chi connectivity index (χ3v) is 4.11. The Bertz CT molecular complexity index is 364. The van der Waals surface area contributed by atoms with Crippen molar-refractivity contribution in [1.29, 1.82) is 0 Å². The van der Waals surface area contributed by atoms with E-state index in [0.717, 1.165) is 25.2 Å². The van der Waals surface area contributed by atoms with Gasteiger partial charge in [0.25, 0.3) is 0 Å². The van der Waals surface area contributed by atoms with Crippen molar-refractivity contribution in [2.75, 3.05) is 33.7 Å². The number of nitrogens with zero attached hydrogens (tertiary/aromatic N) is 2. The summed E-state index contributed by atoms with van der Waals surface area (Å²) < 4.78 is 0. The summed E-state index contributed by atoms with van der Waals surface area (Å²) in [6.45, 7) is 3.18. The molecule has 1 saturated heterocycles. The van der Waals surface area contributed by atoms with Crippen LogP contribution in [0.5, 0.6) is 0 Å². The molecule has 0 aromatic carbocycles. The van der Waals surface area contributed by atoms with Gasteiger partial charge < -0.3 is 9.80 Å². The number of likely N-dealkylation sites (tertiary alicyclic amines) is 1. The lowest BCUT2D eigenvalue weighted by molar-refractivity contribution is -0.129. The highest BCUT2D eigenvalue weighted by Crippen LogP contribution is 2.16. The lowest BCUT2D eigenvalue weighted by atomic mass is 10.1. The second kappa shape index (κ2) is 5.65. The normalized spacial score (nSPS) is 20.7. The molecule has 1 amide bonds. The Kier molecular flexibility index (Phi) is 4.18. The quantitative estimate of drug-likeness (QED) is 0.814. The fourth-order valence-electron chi connectivity index (χ4n) is 2.37. The Labute approximate surface area is 107 Å². The average Bonchev–Trinajstić information content (AvgIpc) is 2.90. The van der Waals surface area contributed by atoms with Gasteiger partial charge in [0, 0.05) is 20.1 Å². The van der Waals surface area contributed by atoms with E-state index in [1.165, 1.54) is 6.42 Å². The van der Waals surface area contributed by atoms with E-state index >= 15 is 0 Å². The van der Waals surface area contributed by atoms with Crippen molar-refractivity contribution in [2.45, 2.75) is 12.8 Å². The summed E-state index contributed by atoms with van der Waals surface area (Å²) in [6, 6.07) is 2.03. The molecule has 1 fully saturated rings. The third kappa shape index (κ3) is 3.54. The van der Waals surface area contributed by atoms with Gasteiger partial charge in [-0.1, -0.05) is 0 Å². The maximum atomic E-state index is 12.0. The predicted octanol–water partition coefficient (Wildman–Crippen LogP) is 1.70. The number of hydrogen-bond donors (Lipinski definition) is 0. The van der Waals surface area contributed by atoms with Crippen molar-refractivity contribution in [3.63, 3.8) is 0 Å². The van der Waals surface area contributed by atoms with Gasteiger partial charge in [0.1, 0.15) is 0 Å². The lowest BCUT2D eigenvalue weighted by Crippen LogP contribution is -2.33. The summed E-state index contributed by atoms with van der Waals surface area (Å²) in [5, 5.41) is 4.07. The lowest BCUT2D eigenvalue weighted by Gasteiger charge is -2.21. The van der Waals surface area contributed by atoms with Gasteiger partial charge in [0.15, 0.2) is 0 Å². The highest BCUT2D eigenvalue weighted by molar-refractivity contribution is 7.07. The zero-order chi connectivity index (χ0) is 12.3. The van der Waals surface area contributed by atoms with Crippen LogP contribution in [0.1, 0.15) is 12.0 Å². The van der Waals surface area contributed by atoms with E-state index in [1.54, 1.807) is 11.3 Å². The van der Waals surface area contributed by atoms with Gasteiger partial charge in [-0.2, -0.15) is 11.3 Å². The first-order valence-corrected chi connectivity index (χ1v) is 7.03. The molecule has 0 aliphatic carbocycles. The maximum Gasteiger partial charge on any atom is 0.226 e. The van der Waals surface area contributed by atoms with Crippen molar-refractivity contribution in [1.82, 2.24) is 9.80 Å². The van der Waals surface area contributed by atoms with Gasteiger partial charge >= 0.3 is 0 Å². The Morgan fingerprint density at radius 3 is 3.06 bits per heavy atom. The van der Waals surface area contributed by atoms with Gasteiger partial charge in [-0.25, -0.2) is 0 Å². The fourth-order valence-corrected chi connectivity index (χ4v) is 3.04. The topological polar surface area (TPSA) is 23.6 Å². The highest BCUT2D eigenvalue weighted by Gasteiger charge is 2.22. The number of carbonyl (C=O) groups excluding carboxylic acids is 1. The Morgan fingerprint density at radius 1 is 1.65 bits per heavy atom. The van der Waals surface area contributed by atoms with E-state index in [1.807, 2.05) is 23.4 Å². The molecule has 2 rings (SSSR count). The minimum absolute atomic E-state index is 0.234. The van der Waals surface area contributed by atoms with E-state index in [9.17, 15) is 4.79 Å². The summed E-state index contributed by atoms with van der Waals surface area (Å²) in [7, 11) is 4.07. The summed E-state index contributed by atoms with van der Waals surface area (Å²) in [5.41, 5.74) is 1.13. The molecule has 0 saturated carbocycles. The minimum Gasteiger partial charge on any atom is -0.345 e.